The first-order chi connectivity index (χ1) is 6.60. The number of carbonyl (C=O) groups is 1. The molecule has 0 bridgehead atoms. The molecular formula is C12H17NO. The van der Waals surface area contributed by atoms with E-state index in [1.165, 1.54) is 11.4 Å². The van der Waals surface area contributed by atoms with E-state index in [-0.39, 0.29) is 0 Å². The van der Waals surface area contributed by atoms with Crippen molar-refractivity contribution in [1.29, 1.82) is 0 Å². The van der Waals surface area contributed by atoms with E-state index in [1.807, 2.05) is 20.0 Å². The fraction of sp³-hybridized carbons (Fsp3) is 0.417. The molecule has 0 radical (unpaired) electrons. The molecule has 0 amide bonds. The molecule has 0 aliphatic carbocycles. The molecule has 0 fully saturated rings. The average molecular weight is 191 g/mol. The molecule has 0 unspecified atom stereocenters. The monoisotopic (exact) mass is 191 g/mol. The molecule has 0 N–H and O–H groups in total. The Hall–Kier alpha value is -1.31. The van der Waals surface area contributed by atoms with Crippen LogP contribution in [-0.2, 0) is 11.8 Å². The van der Waals surface area contributed by atoms with Gasteiger partial charge in [0.15, 0.2) is 0 Å². The minimum atomic E-state index is 0.789. The summed E-state index contributed by atoms with van der Waals surface area (Å²) in [6.45, 7) is 6.12. The largest absolute Gasteiger partial charge is 0.352 e. The lowest BCUT2D eigenvalue weighted by Crippen LogP contribution is -1.93. The van der Waals surface area contributed by atoms with Crippen molar-refractivity contribution in [1.82, 2.24) is 4.57 Å². The molecule has 1 heterocycles. The van der Waals surface area contributed by atoms with Crippen LogP contribution in [0.5, 0.6) is 0 Å². The summed E-state index contributed by atoms with van der Waals surface area (Å²) < 4.78 is 2.13. The van der Waals surface area contributed by atoms with Crippen LogP contribution in [0.3, 0.4) is 0 Å². The summed E-state index contributed by atoms with van der Waals surface area (Å²) in [6.07, 6.45) is 3.69. The predicted molar refractivity (Wildman–Crippen MR) is 59.2 cm³/mol. The van der Waals surface area contributed by atoms with Gasteiger partial charge in [0, 0.05) is 18.4 Å². The quantitative estimate of drug-likeness (QED) is 0.531. The van der Waals surface area contributed by atoms with Crippen molar-refractivity contribution in [2.24, 2.45) is 7.05 Å². The smallest absolute Gasteiger partial charge is 0.146 e. The van der Waals surface area contributed by atoms with E-state index in [9.17, 15) is 4.79 Å². The van der Waals surface area contributed by atoms with Crippen molar-refractivity contribution in [3.05, 3.63) is 28.6 Å². The van der Waals surface area contributed by atoms with Crippen molar-refractivity contribution in [3.8, 4) is 0 Å². The first-order valence-electron chi connectivity index (χ1n) is 4.88. The van der Waals surface area contributed by atoms with Gasteiger partial charge in [-0.2, -0.15) is 0 Å². The maximum atomic E-state index is 10.7. The Balaban J connectivity index is 3.14. The molecule has 1 aromatic heterocycles. The zero-order chi connectivity index (χ0) is 10.7. The Kier molecular flexibility index (Phi) is 3.28. The number of nitrogens with zero attached hydrogens (tertiary/aromatic N) is 1. The summed E-state index contributed by atoms with van der Waals surface area (Å²) >= 11 is 0. The molecule has 0 aliphatic rings. The summed E-state index contributed by atoms with van der Waals surface area (Å²) in [6, 6.07) is 2.11. The molecule has 76 valence electrons. The van der Waals surface area contributed by atoms with Crippen molar-refractivity contribution < 1.29 is 4.79 Å². The summed E-state index contributed by atoms with van der Waals surface area (Å²) in [4.78, 5) is 10.7. The molecule has 0 saturated heterocycles. The Labute approximate surface area is 85.2 Å². The van der Waals surface area contributed by atoms with Gasteiger partial charge in [0.05, 0.1) is 0 Å². The van der Waals surface area contributed by atoms with Crippen LogP contribution in [0.1, 0.15) is 30.3 Å². The zero-order valence-electron chi connectivity index (χ0n) is 9.29. The van der Waals surface area contributed by atoms with Gasteiger partial charge >= 0.3 is 0 Å². The molecule has 2 nitrogen and oxygen atoms in total. The highest BCUT2D eigenvalue weighted by Crippen LogP contribution is 2.16. The standard InChI is InChI=1S/C12H17NO/c1-5-11(8-14)7-12-6-9(2)13(4)10(12)3/h6-8H,5H2,1-4H3/b11-7-. The molecular weight excluding hydrogens is 174 g/mol. The third-order valence-corrected chi connectivity index (χ3v) is 2.71. The number of aldehydes is 1. The van der Waals surface area contributed by atoms with E-state index >= 15 is 0 Å². The lowest BCUT2D eigenvalue weighted by Gasteiger charge is -1.99. The highest BCUT2D eigenvalue weighted by atomic mass is 16.1. The summed E-state index contributed by atoms with van der Waals surface area (Å²) in [5.41, 5.74) is 4.41. The van der Waals surface area contributed by atoms with Crippen LogP contribution in [0, 0.1) is 13.8 Å². The van der Waals surface area contributed by atoms with E-state index in [1.54, 1.807) is 0 Å². The predicted octanol–water partition coefficient (Wildman–Crippen LogP) is 2.63. The molecule has 2 heteroatoms. The normalized spacial score (nSPS) is 11.9. The average Bonchev–Trinajstić information content (AvgIpc) is 2.42. The lowest BCUT2D eigenvalue weighted by atomic mass is 10.1. The molecule has 0 aromatic carbocycles. The molecule has 1 rings (SSSR count). The van der Waals surface area contributed by atoms with Crippen molar-refractivity contribution in [3.63, 3.8) is 0 Å². The van der Waals surface area contributed by atoms with Crippen LogP contribution in [0.25, 0.3) is 6.08 Å². The molecule has 0 aliphatic heterocycles. The van der Waals surface area contributed by atoms with Crippen LogP contribution < -0.4 is 0 Å². The number of aromatic nitrogens is 1. The Morgan fingerprint density at radius 3 is 2.50 bits per heavy atom. The summed E-state index contributed by atoms with van der Waals surface area (Å²) in [5, 5.41) is 0. The van der Waals surface area contributed by atoms with E-state index < -0.39 is 0 Å². The van der Waals surface area contributed by atoms with Crippen LogP contribution >= 0.6 is 0 Å². The number of carbonyl (C=O) groups excluding carboxylic acids is 1. The van der Waals surface area contributed by atoms with Crippen molar-refractivity contribution >= 4 is 12.4 Å². The van der Waals surface area contributed by atoms with E-state index in [4.69, 9.17) is 0 Å². The second kappa shape index (κ2) is 4.27. The van der Waals surface area contributed by atoms with Gasteiger partial charge in [-0.25, -0.2) is 0 Å². The van der Waals surface area contributed by atoms with Gasteiger partial charge in [-0.1, -0.05) is 6.92 Å². The van der Waals surface area contributed by atoms with Gasteiger partial charge in [-0.05, 0) is 43.5 Å². The maximum Gasteiger partial charge on any atom is 0.146 e. The van der Waals surface area contributed by atoms with E-state index in [2.05, 4.69) is 24.5 Å². The molecule has 1 aromatic rings. The Morgan fingerprint density at radius 1 is 1.50 bits per heavy atom. The second-order valence-corrected chi connectivity index (χ2v) is 3.58. The van der Waals surface area contributed by atoms with Crippen LogP contribution in [0.15, 0.2) is 11.6 Å². The fourth-order valence-electron chi connectivity index (χ4n) is 1.45. The van der Waals surface area contributed by atoms with Gasteiger partial charge in [0.2, 0.25) is 0 Å². The van der Waals surface area contributed by atoms with Crippen molar-refractivity contribution in [2.75, 3.05) is 0 Å². The summed E-state index contributed by atoms with van der Waals surface area (Å²) in [7, 11) is 2.04. The van der Waals surface area contributed by atoms with Crippen LogP contribution in [0.4, 0.5) is 0 Å². The Morgan fingerprint density at radius 2 is 2.14 bits per heavy atom. The summed E-state index contributed by atoms with van der Waals surface area (Å²) in [5.74, 6) is 0. The third kappa shape index (κ3) is 1.95. The maximum absolute atomic E-state index is 10.7. The zero-order valence-corrected chi connectivity index (χ0v) is 9.29. The SMILES string of the molecule is CC/C(C=O)=C/c1cc(C)n(C)c1C. The molecule has 14 heavy (non-hydrogen) atoms. The number of rotatable bonds is 3. The van der Waals surface area contributed by atoms with Gasteiger partial charge < -0.3 is 4.57 Å². The minimum Gasteiger partial charge on any atom is -0.352 e. The molecule has 0 spiro atoms. The van der Waals surface area contributed by atoms with Crippen molar-refractivity contribution in [2.45, 2.75) is 27.2 Å². The van der Waals surface area contributed by atoms with Gasteiger partial charge in [-0.3, -0.25) is 4.79 Å². The van der Waals surface area contributed by atoms with Crippen LogP contribution in [0.2, 0.25) is 0 Å². The molecule has 0 atom stereocenters. The number of aryl methyl sites for hydroxylation is 1. The van der Waals surface area contributed by atoms with E-state index in [0.717, 1.165) is 23.8 Å². The molecule has 0 saturated carbocycles. The third-order valence-electron chi connectivity index (χ3n) is 2.71. The first-order valence-corrected chi connectivity index (χ1v) is 4.88. The number of allylic oxidation sites excluding steroid dienone is 1. The second-order valence-electron chi connectivity index (χ2n) is 3.58. The van der Waals surface area contributed by atoms with Gasteiger partial charge in [0.25, 0.3) is 0 Å². The van der Waals surface area contributed by atoms with Crippen LogP contribution in [-0.4, -0.2) is 10.9 Å². The highest BCUT2D eigenvalue weighted by molar-refractivity contribution is 5.82. The first kappa shape index (κ1) is 10.8. The lowest BCUT2D eigenvalue weighted by molar-refractivity contribution is -0.104. The minimum absolute atomic E-state index is 0.789. The topological polar surface area (TPSA) is 22.0 Å². The van der Waals surface area contributed by atoms with Gasteiger partial charge in [0.1, 0.15) is 6.29 Å². The number of hydrogen-bond donors (Lipinski definition) is 0. The Bertz CT molecular complexity index is 372. The number of hydrogen-bond acceptors (Lipinski definition) is 1. The van der Waals surface area contributed by atoms with Gasteiger partial charge in [-0.15, -0.1) is 0 Å². The highest BCUT2D eigenvalue weighted by Gasteiger charge is 2.03. The fourth-order valence-corrected chi connectivity index (χ4v) is 1.45. The van der Waals surface area contributed by atoms with E-state index in [0.29, 0.717) is 0 Å².